The number of nitrogens with one attached hydrogen (secondary N) is 1. The Labute approximate surface area is 128 Å². The number of hydrogen-bond acceptors (Lipinski definition) is 3. The standard InChI is InChI=1S/C15H17ClN2OS/c1-9(2)12-6-11(7-14(16)18-12)15(19)17-8-13-10(3)4-5-20-13/h4-7,9H,8H2,1-3H3,(H,17,19). The highest BCUT2D eigenvalue weighted by molar-refractivity contribution is 7.10. The molecular weight excluding hydrogens is 292 g/mol. The van der Waals surface area contributed by atoms with E-state index in [-0.39, 0.29) is 11.8 Å². The van der Waals surface area contributed by atoms with Crippen LogP contribution in [0.4, 0.5) is 0 Å². The van der Waals surface area contributed by atoms with Gasteiger partial charge in [0.1, 0.15) is 5.15 Å². The summed E-state index contributed by atoms with van der Waals surface area (Å²) in [6, 6.07) is 5.45. The number of aromatic nitrogens is 1. The molecule has 106 valence electrons. The van der Waals surface area contributed by atoms with Crippen LogP contribution in [-0.4, -0.2) is 10.9 Å². The number of carbonyl (C=O) groups excluding carboxylic acids is 1. The second kappa shape index (κ2) is 6.37. The third-order valence-corrected chi connectivity index (χ3v) is 4.26. The smallest absolute Gasteiger partial charge is 0.251 e. The van der Waals surface area contributed by atoms with Gasteiger partial charge in [-0.15, -0.1) is 11.3 Å². The van der Waals surface area contributed by atoms with Crippen LogP contribution in [0, 0.1) is 6.92 Å². The Morgan fingerprint density at radius 1 is 1.45 bits per heavy atom. The van der Waals surface area contributed by atoms with Crippen LogP contribution >= 0.6 is 22.9 Å². The van der Waals surface area contributed by atoms with Crippen molar-refractivity contribution in [3.8, 4) is 0 Å². The van der Waals surface area contributed by atoms with E-state index in [0.717, 1.165) is 5.69 Å². The molecule has 0 aliphatic heterocycles. The minimum atomic E-state index is -0.121. The lowest BCUT2D eigenvalue weighted by Gasteiger charge is -2.09. The van der Waals surface area contributed by atoms with E-state index < -0.39 is 0 Å². The predicted octanol–water partition coefficient (Wildman–Crippen LogP) is 4.16. The lowest BCUT2D eigenvalue weighted by molar-refractivity contribution is 0.0951. The quantitative estimate of drug-likeness (QED) is 0.862. The summed E-state index contributed by atoms with van der Waals surface area (Å²) >= 11 is 7.62. The first-order valence-electron chi connectivity index (χ1n) is 6.46. The number of carbonyl (C=O) groups is 1. The van der Waals surface area contributed by atoms with Gasteiger partial charge in [0.15, 0.2) is 0 Å². The van der Waals surface area contributed by atoms with Crippen molar-refractivity contribution >= 4 is 28.8 Å². The van der Waals surface area contributed by atoms with Gasteiger partial charge in [-0.2, -0.15) is 0 Å². The fraction of sp³-hybridized carbons (Fsp3) is 0.333. The van der Waals surface area contributed by atoms with Gasteiger partial charge >= 0.3 is 0 Å². The summed E-state index contributed by atoms with van der Waals surface area (Å²) in [5.41, 5.74) is 2.59. The zero-order valence-corrected chi connectivity index (χ0v) is 13.3. The van der Waals surface area contributed by atoms with Gasteiger partial charge in [0, 0.05) is 16.1 Å². The first-order valence-corrected chi connectivity index (χ1v) is 7.71. The molecule has 0 atom stereocenters. The predicted molar refractivity (Wildman–Crippen MR) is 83.6 cm³/mol. The third-order valence-electron chi connectivity index (χ3n) is 3.05. The van der Waals surface area contributed by atoms with Gasteiger partial charge in [-0.1, -0.05) is 25.4 Å². The highest BCUT2D eigenvalue weighted by Crippen LogP contribution is 2.18. The van der Waals surface area contributed by atoms with Crippen LogP contribution in [0.3, 0.4) is 0 Å². The molecule has 0 aromatic carbocycles. The van der Waals surface area contributed by atoms with Crippen LogP contribution < -0.4 is 5.32 Å². The van der Waals surface area contributed by atoms with E-state index in [9.17, 15) is 4.79 Å². The lowest BCUT2D eigenvalue weighted by Crippen LogP contribution is -2.23. The van der Waals surface area contributed by atoms with E-state index in [1.807, 2.05) is 32.2 Å². The molecule has 0 unspecified atom stereocenters. The highest BCUT2D eigenvalue weighted by atomic mass is 35.5. The zero-order valence-electron chi connectivity index (χ0n) is 11.7. The molecule has 0 aliphatic carbocycles. The first kappa shape index (κ1) is 15.0. The van der Waals surface area contributed by atoms with Crippen molar-refractivity contribution in [2.75, 3.05) is 0 Å². The average molecular weight is 309 g/mol. The van der Waals surface area contributed by atoms with Crippen LogP contribution in [0.5, 0.6) is 0 Å². The molecule has 2 rings (SSSR count). The molecule has 0 saturated heterocycles. The summed E-state index contributed by atoms with van der Waals surface area (Å²) in [7, 11) is 0. The minimum Gasteiger partial charge on any atom is -0.347 e. The number of rotatable bonds is 4. The van der Waals surface area contributed by atoms with Crippen molar-refractivity contribution in [2.45, 2.75) is 33.2 Å². The summed E-state index contributed by atoms with van der Waals surface area (Å²) in [4.78, 5) is 17.6. The molecule has 5 heteroatoms. The lowest BCUT2D eigenvalue weighted by atomic mass is 10.1. The summed E-state index contributed by atoms with van der Waals surface area (Å²) in [6.07, 6.45) is 0. The van der Waals surface area contributed by atoms with Crippen molar-refractivity contribution in [1.29, 1.82) is 0 Å². The van der Waals surface area contributed by atoms with Crippen LogP contribution in [0.2, 0.25) is 5.15 Å². The number of halogens is 1. The summed E-state index contributed by atoms with van der Waals surface area (Å²) < 4.78 is 0. The largest absolute Gasteiger partial charge is 0.347 e. The highest BCUT2D eigenvalue weighted by Gasteiger charge is 2.11. The molecule has 2 aromatic rings. The Kier molecular flexibility index (Phi) is 4.78. The second-order valence-electron chi connectivity index (χ2n) is 4.97. The third kappa shape index (κ3) is 3.58. The summed E-state index contributed by atoms with van der Waals surface area (Å²) in [5.74, 6) is 0.115. The number of pyridine rings is 1. The molecule has 3 nitrogen and oxygen atoms in total. The number of hydrogen-bond donors (Lipinski definition) is 1. The van der Waals surface area contributed by atoms with Crippen molar-refractivity contribution in [1.82, 2.24) is 10.3 Å². The zero-order chi connectivity index (χ0) is 14.7. The fourth-order valence-electron chi connectivity index (χ4n) is 1.79. The molecular formula is C15H17ClN2OS. The van der Waals surface area contributed by atoms with Crippen LogP contribution in [0.1, 0.15) is 46.3 Å². The van der Waals surface area contributed by atoms with Crippen LogP contribution in [0.15, 0.2) is 23.6 Å². The Morgan fingerprint density at radius 3 is 2.80 bits per heavy atom. The van der Waals surface area contributed by atoms with Gasteiger partial charge in [0.2, 0.25) is 0 Å². The number of thiophene rings is 1. The van der Waals surface area contributed by atoms with Gasteiger partial charge in [0.25, 0.3) is 5.91 Å². The van der Waals surface area contributed by atoms with E-state index >= 15 is 0 Å². The Morgan fingerprint density at radius 2 is 2.20 bits per heavy atom. The van der Waals surface area contributed by atoms with Crippen molar-refractivity contribution in [3.63, 3.8) is 0 Å². The second-order valence-corrected chi connectivity index (χ2v) is 6.36. The van der Waals surface area contributed by atoms with Gasteiger partial charge < -0.3 is 5.32 Å². The van der Waals surface area contributed by atoms with Crippen LogP contribution in [-0.2, 0) is 6.54 Å². The molecule has 0 bridgehead atoms. The van der Waals surface area contributed by atoms with Gasteiger partial charge in [-0.05, 0) is 42.0 Å². The average Bonchev–Trinajstić information content (AvgIpc) is 2.80. The van der Waals surface area contributed by atoms with E-state index in [1.54, 1.807) is 23.5 Å². The monoisotopic (exact) mass is 308 g/mol. The topological polar surface area (TPSA) is 42.0 Å². The Bertz CT molecular complexity index is 622. The molecule has 1 N–H and O–H groups in total. The molecule has 20 heavy (non-hydrogen) atoms. The molecule has 0 saturated carbocycles. The fourth-order valence-corrected chi connectivity index (χ4v) is 2.85. The van der Waals surface area contributed by atoms with Crippen LogP contribution in [0.25, 0.3) is 0 Å². The molecule has 0 fully saturated rings. The summed E-state index contributed by atoms with van der Waals surface area (Å²) in [5, 5.41) is 5.30. The van der Waals surface area contributed by atoms with E-state index in [2.05, 4.69) is 10.3 Å². The van der Waals surface area contributed by atoms with Gasteiger partial charge in [-0.25, -0.2) is 4.98 Å². The molecule has 2 heterocycles. The van der Waals surface area contributed by atoms with E-state index in [1.165, 1.54) is 10.4 Å². The Hall–Kier alpha value is -1.39. The molecule has 1 amide bonds. The first-order chi connectivity index (χ1) is 9.47. The molecule has 2 aromatic heterocycles. The SMILES string of the molecule is Cc1ccsc1CNC(=O)c1cc(Cl)nc(C(C)C)c1. The van der Waals surface area contributed by atoms with Crippen molar-refractivity contribution < 1.29 is 4.79 Å². The number of aryl methyl sites for hydroxylation is 1. The number of nitrogens with zero attached hydrogens (tertiary/aromatic N) is 1. The van der Waals surface area contributed by atoms with E-state index in [4.69, 9.17) is 11.6 Å². The van der Waals surface area contributed by atoms with Gasteiger partial charge in [0.05, 0.1) is 6.54 Å². The summed E-state index contributed by atoms with van der Waals surface area (Å²) in [6.45, 7) is 6.63. The van der Waals surface area contributed by atoms with Gasteiger partial charge in [-0.3, -0.25) is 4.79 Å². The minimum absolute atomic E-state index is 0.121. The molecule has 0 radical (unpaired) electrons. The number of amides is 1. The molecule has 0 spiro atoms. The maximum atomic E-state index is 12.2. The maximum absolute atomic E-state index is 12.2. The van der Waals surface area contributed by atoms with E-state index in [0.29, 0.717) is 17.3 Å². The normalized spacial score (nSPS) is 10.8. The van der Waals surface area contributed by atoms with Crippen molar-refractivity contribution in [3.05, 3.63) is 50.4 Å². The molecule has 0 aliphatic rings. The van der Waals surface area contributed by atoms with Crippen molar-refractivity contribution in [2.24, 2.45) is 0 Å². The Balaban J connectivity index is 2.11. The maximum Gasteiger partial charge on any atom is 0.251 e.